The number of Topliss-reactive ketones (excluding diaryl/α,β-unsaturated/α-hetero) is 1. The number of rotatable bonds is 9. The summed E-state index contributed by atoms with van der Waals surface area (Å²) in [5, 5.41) is 0. The topological polar surface area (TPSA) is 94.0 Å². The number of ketones is 1. The highest BCUT2D eigenvalue weighted by Gasteiger charge is 2.22. The van der Waals surface area contributed by atoms with Gasteiger partial charge in [-0.05, 0) is 65.1 Å². The first kappa shape index (κ1) is 24.2. The lowest BCUT2D eigenvalue weighted by atomic mass is 10.1. The van der Waals surface area contributed by atoms with Gasteiger partial charge in [0.15, 0.2) is 11.6 Å². The Labute approximate surface area is 216 Å². The van der Waals surface area contributed by atoms with Crippen LogP contribution in [-0.4, -0.2) is 37.3 Å². The smallest absolute Gasteiger partial charge is 0.226 e. The van der Waals surface area contributed by atoms with Gasteiger partial charge in [0.2, 0.25) is 5.95 Å². The first-order chi connectivity index (χ1) is 18.0. The van der Waals surface area contributed by atoms with Gasteiger partial charge in [0.25, 0.3) is 0 Å². The third-order valence-corrected chi connectivity index (χ3v) is 5.92. The maximum absolute atomic E-state index is 12.0. The number of aromatic nitrogens is 5. The molecule has 4 aromatic rings. The van der Waals surface area contributed by atoms with E-state index < -0.39 is 0 Å². The molecule has 0 amide bonds. The van der Waals surface area contributed by atoms with E-state index in [0.29, 0.717) is 48.6 Å². The van der Waals surface area contributed by atoms with Crippen LogP contribution in [0.1, 0.15) is 42.7 Å². The summed E-state index contributed by atoms with van der Waals surface area (Å²) in [7, 11) is 0. The molecule has 0 saturated heterocycles. The second-order valence-electron chi connectivity index (χ2n) is 9.37. The van der Waals surface area contributed by atoms with Gasteiger partial charge in [0.05, 0.1) is 5.69 Å². The fraction of sp³-hybridized carbons (Fsp3) is 0.241. The maximum atomic E-state index is 12.0. The molecule has 0 unspecified atom stereocenters. The van der Waals surface area contributed by atoms with E-state index in [9.17, 15) is 4.79 Å². The molecule has 0 fully saturated rings. The number of pyridine rings is 1. The standard InChI is InChI=1S/C29H28N6O2/c1-20(2)15-25(36)19-37-26-6-4-22-17-35(18-23(22)16-26)29-32-14-10-27(34-29)28-31-13-9-24(33-28)5-3-21-7-11-30-12-8-21/h3-14,16,20H,15,17-19H2,1-2H3/b5-3+. The van der Waals surface area contributed by atoms with Gasteiger partial charge < -0.3 is 9.64 Å². The van der Waals surface area contributed by atoms with Crippen LogP contribution in [0, 0.1) is 5.92 Å². The van der Waals surface area contributed by atoms with Gasteiger partial charge in [-0.15, -0.1) is 0 Å². The number of fused-ring (bicyclic) bond motifs is 1. The molecule has 0 aliphatic carbocycles. The number of nitrogens with zero attached hydrogens (tertiary/aromatic N) is 6. The predicted octanol–water partition coefficient (Wildman–Crippen LogP) is 5.01. The van der Waals surface area contributed by atoms with Gasteiger partial charge in [-0.2, -0.15) is 0 Å². The van der Waals surface area contributed by atoms with Crippen molar-refractivity contribution in [2.45, 2.75) is 33.4 Å². The molecule has 186 valence electrons. The summed E-state index contributed by atoms with van der Waals surface area (Å²) in [6.45, 7) is 5.51. The molecule has 0 spiro atoms. The van der Waals surface area contributed by atoms with Crippen molar-refractivity contribution in [3.05, 3.63) is 89.6 Å². The molecule has 3 aromatic heterocycles. The van der Waals surface area contributed by atoms with E-state index in [-0.39, 0.29) is 12.4 Å². The van der Waals surface area contributed by atoms with Crippen LogP contribution in [0.25, 0.3) is 23.7 Å². The van der Waals surface area contributed by atoms with Crippen LogP contribution in [0.5, 0.6) is 5.75 Å². The van der Waals surface area contributed by atoms with Gasteiger partial charge >= 0.3 is 0 Å². The third kappa shape index (κ3) is 6.22. The molecular weight excluding hydrogens is 464 g/mol. The van der Waals surface area contributed by atoms with Gasteiger partial charge in [-0.1, -0.05) is 26.0 Å². The summed E-state index contributed by atoms with van der Waals surface area (Å²) in [5.41, 5.74) is 4.82. The van der Waals surface area contributed by atoms with Crippen LogP contribution in [0.3, 0.4) is 0 Å². The van der Waals surface area contributed by atoms with Crippen molar-refractivity contribution in [3.8, 4) is 17.3 Å². The highest BCUT2D eigenvalue weighted by Crippen LogP contribution is 2.29. The summed E-state index contributed by atoms with van der Waals surface area (Å²) in [6, 6.07) is 13.5. The zero-order valence-electron chi connectivity index (χ0n) is 20.9. The molecule has 0 atom stereocenters. The number of anilines is 1. The zero-order chi connectivity index (χ0) is 25.6. The van der Waals surface area contributed by atoms with Gasteiger partial charge in [0, 0.05) is 44.3 Å². The van der Waals surface area contributed by atoms with Crippen LogP contribution in [0.15, 0.2) is 67.3 Å². The molecule has 0 saturated carbocycles. The molecule has 1 aliphatic heterocycles. The Morgan fingerprint density at radius 2 is 1.76 bits per heavy atom. The van der Waals surface area contributed by atoms with Crippen LogP contribution in [0.2, 0.25) is 0 Å². The summed E-state index contributed by atoms with van der Waals surface area (Å²) in [6.07, 6.45) is 11.4. The zero-order valence-corrected chi connectivity index (χ0v) is 20.9. The van der Waals surface area contributed by atoms with Gasteiger partial charge in [-0.3, -0.25) is 9.78 Å². The second kappa shape index (κ2) is 11.1. The number of hydrogen-bond acceptors (Lipinski definition) is 8. The lowest BCUT2D eigenvalue weighted by molar-refractivity contribution is -0.121. The molecule has 8 nitrogen and oxygen atoms in total. The monoisotopic (exact) mass is 492 g/mol. The molecule has 1 aromatic carbocycles. The van der Waals surface area contributed by atoms with E-state index in [1.54, 1.807) is 24.8 Å². The van der Waals surface area contributed by atoms with Crippen LogP contribution >= 0.6 is 0 Å². The molecule has 1 aliphatic rings. The lowest BCUT2D eigenvalue weighted by Gasteiger charge is -2.15. The molecule has 0 bridgehead atoms. The summed E-state index contributed by atoms with van der Waals surface area (Å²) in [4.78, 5) is 36.5. The Bertz CT molecular complexity index is 1420. The minimum absolute atomic E-state index is 0.0998. The predicted molar refractivity (Wildman–Crippen MR) is 143 cm³/mol. The lowest BCUT2D eigenvalue weighted by Crippen LogP contribution is -2.17. The fourth-order valence-corrected chi connectivity index (χ4v) is 4.15. The van der Waals surface area contributed by atoms with E-state index in [1.165, 1.54) is 5.56 Å². The van der Waals surface area contributed by atoms with E-state index in [2.05, 4.69) is 24.8 Å². The second-order valence-corrected chi connectivity index (χ2v) is 9.37. The number of benzene rings is 1. The molecule has 0 N–H and O–H groups in total. The number of carbonyl (C=O) groups excluding carboxylic acids is 1. The quantitative estimate of drug-likeness (QED) is 0.322. The molecule has 8 heteroatoms. The minimum atomic E-state index is 0.0998. The molecular formula is C29H28N6O2. The fourth-order valence-electron chi connectivity index (χ4n) is 4.15. The number of carbonyl (C=O) groups is 1. The average Bonchev–Trinajstić information content (AvgIpc) is 3.35. The van der Waals surface area contributed by atoms with Gasteiger partial charge in [-0.25, -0.2) is 19.9 Å². The molecule has 4 heterocycles. The van der Waals surface area contributed by atoms with Gasteiger partial charge in [0.1, 0.15) is 18.1 Å². The van der Waals surface area contributed by atoms with E-state index in [4.69, 9.17) is 9.72 Å². The average molecular weight is 493 g/mol. The van der Waals surface area contributed by atoms with Crippen LogP contribution in [-0.2, 0) is 17.9 Å². The van der Waals surface area contributed by atoms with E-state index in [1.807, 2.05) is 68.5 Å². The summed E-state index contributed by atoms with van der Waals surface area (Å²) in [5.74, 6) is 2.30. The number of ether oxygens (including phenoxy) is 1. The maximum Gasteiger partial charge on any atom is 0.226 e. The molecule has 37 heavy (non-hydrogen) atoms. The number of hydrogen-bond donors (Lipinski definition) is 0. The third-order valence-electron chi connectivity index (χ3n) is 5.92. The van der Waals surface area contributed by atoms with Crippen molar-refractivity contribution < 1.29 is 9.53 Å². The van der Waals surface area contributed by atoms with Crippen molar-refractivity contribution in [2.75, 3.05) is 11.5 Å². The summed E-state index contributed by atoms with van der Waals surface area (Å²) < 4.78 is 5.75. The van der Waals surface area contributed by atoms with Crippen molar-refractivity contribution in [2.24, 2.45) is 5.92 Å². The van der Waals surface area contributed by atoms with Crippen LogP contribution < -0.4 is 9.64 Å². The van der Waals surface area contributed by atoms with E-state index >= 15 is 0 Å². The first-order valence-electron chi connectivity index (χ1n) is 12.3. The molecule has 5 rings (SSSR count). The normalized spacial score (nSPS) is 12.8. The largest absolute Gasteiger partial charge is 0.486 e. The Balaban J connectivity index is 1.27. The highest BCUT2D eigenvalue weighted by atomic mass is 16.5. The Kier molecular flexibility index (Phi) is 7.26. The Morgan fingerprint density at radius 1 is 0.946 bits per heavy atom. The minimum Gasteiger partial charge on any atom is -0.486 e. The van der Waals surface area contributed by atoms with Crippen LogP contribution in [0.4, 0.5) is 5.95 Å². The first-order valence-corrected chi connectivity index (χ1v) is 12.3. The Hall–Kier alpha value is -4.46. The highest BCUT2D eigenvalue weighted by molar-refractivity contribution is 5.80. The molecule has 0 radical (unpaired) electrons. The van der Waals surface area contributed by atoms with Crippen molar-refractivity contribution >= 4 is 23.9 Å². The van der Waals surface area contributed by atoms with Crippen molar-refractivity contribution in [3.63, 3.8) is 0 Å². The van der Waals surface area contributed by atoms with Crippen molar-refractivity contribution in [1.29, 1.82) is 0 Å². The van der Waals surface area contributed by atoms with Crippen molar-refractivity contribution in [1.82, 2.24) is 24.9 Å². The summed E-state index contributed by atoms with van der Waals surface area (Å²) >= 11 is 0. The SMILES string of the molecule is CC(C)CC(=O)COc1ccc2c(c1)CN(c1nccc(-c3nccc(/C=C/c4ccncc4)n3)n1)C2. The van der Waals surface area contributed by atoms with E-state index in [0.717, 1.165) is 16.8 Å². The Morgan fingerprint density at radius 3 is 2.59 bits per heavy atom.